The molecule has 7 nitrogen and oxygen atoms in total. The summed E-state index contributed by atoms with van der Waals surface area (Å²) in [7, 11) is 1.58. The van der Waals surface area contributed by atoms with Crippen LogP contribution in [0.2, 0.25) is 0 Å². The molecule has 0 atom stereocenters. The molecule has 3 rings (SSSR count). The zero-order chi connectivity index (χ0) is 21.6. The maximum absolute atomic E-state index is 12.2. The number of rotatable bonds is 7. The van der Waals surface area contributed by atoms with Crippen molar-refractivity contribution >= 4 is 12.1 Å². The van der Waals surface area contributed by atoms with Crippen LogP contribution < -0.4 is 14.9 Å². The Morgan fingerprint density at radius 2 is 1.90 bits per heavy atom. The second-order valence-electron chi connectivity index (χ2n) is 7.80. The molecule has 2 N–H and O–H groups in total. The number of ether oxygens (including phenoxy) is 2. The van der Waals surface area contributed by atoms with Crippen LogP contribution in [-0.4, -0.2) is 29.4 Å². The molecule has 1 heterocycles. The van der Waals surface area contributed by atoms with Gasteiger partial charge in [0.2, 0.25) is 0 Å². The number of nitrogens with one attached hydrogen (secondary N) is 2. The highest BCUT2D eigenvalue weighted by Crippen LogP contribution is 2.28. The first-order valence-electron chi connectivity index (χ1n) is 9.61. The highest BCUT2D eigenvalue weighted by atomic mass is 16.5. The Labute approximate surface area is 176 Å². The van der Waals surface area contributed by atoms with Gasteiger partial charge in [0, 0.05) is 11.1 Å². The lowest BCUT2D eigenvalue weighted by Crippen LogP contribution is -2.18. The van der Waals surface area contributed by atoms with Crippen LogP contribution in [0.3, 0.4) is 0 Å². The topological polar surface area (TPSA) is 88.6 Å². The fourth-order valence-electron chi connectivity index (χ4n) is 2.66. The van der Waals surface area contributed by atoms with Crippen molar-refractivity contribution < 1.29 is 14.3 Å². The summed E-state index contributed by atoms with van der Waals surface area (Å²) in [6, 6.07) is 17.1. The number of aromatic amines is 1. The van der Waals surface area contributed by atoms with E-state index in [0.717, 1.165) is 16.8 Å². The van der Waals surface area contributed by atoms with Gasteiger partial charge in [-0.25, -0.2) is 5.43 Å². The van der Waals surface area contributed by atoms with Crippen LogP contribution in [0.25, 0.3) is 0 Å². The number of carbonyl (C=O) groups excluding carboxylic acids is 1. The zero-order valence-corrected chi connectivity index (χ0v) is 17.6. The Kier molecular flexibility index (Phi) is 6.51. The molecule has 2 aromatic carbocycles. The highest BCUT2D eigenvalue weighted by molar-refractivity contribution is 5.93. The molecule has 3 aromatic rings. The lowest BCUT2D eigenvalue weighted by atomic mass is 9.92. The third kappa shape index (κ3) is 5.47. The summed E-state index contributed by atoms with van der Waals surface area (Å²) in [5.41, 5.74) is 5.38. The number of amides is 1. The SMILES string of the molecule is COc1cc(C=NNC(=O)c2cc(C(C)(C)C)[nH]n2)ccc1OCc1ccccc1. The van der Waals surface area contributed by atoms with Crippen molar-refractivity contribution in [2.24, 2.45) is 5.10 Å². The van der Waals surface area contributed by atoms with E-state index in [4.69, 9.17) is 9.47 Å². The van der Waals surface area contributed by atoms with Gasteiger partial charge in [0.25, 0.3) is 5.91 Å². The summed E-state index contributed by atoms with van der Waals surface area (Å²) in [6.45, 7) is 6.57. The smallest absolute Gasteiger partial charge is 0.291 e. The van der Waals surface area contributed by atoms with E-state index in [1.54, 1.807) is 25.5 Å². The van der Waals surface area contributed by atoms with Crippen molar-refractivity contribution in [1.29, 1.82) is 0 Å². The fraction of sp³-hybridized carbons (Fsp3) is 0.261. The van der Waals surface area contributed by atoms with Gasteiger partial charge in [0.1, 0.15) is 6.61 Å². The normalized spacial score (nSPS) is 11.5. The van der Waals surface area contributed by atoms with Crippen LogP contribution in [0.1, 0.15) is 48.1 Å². The summed E-state index contributed by atoms with van der Waals surface area (Å²) in [5.74, 6) is 0.838. The minimum absolute atomic E-state index is 0.115. The maximum atomic E-state index is 12.2. The summed E-state index contributed by atoms with van der Waals surface area (Å²) < 4.78 is 11.3. The minimum Gasteiger partial charge on any atom is -0.493 e. The van der Waals surface area contributed by atoms with Crippen molar-refractivity contribution in [2.45, 2.75) is 32.8 Å². The number of H-pyrrole nitrogens is 1. The van der Waals surface area contributed by atoms with E-state index in [1.807, 2.05) is 63.2 Å². The van der Waals surface area contributed by atoms with Crippen LogP contribution in [0, 0.1) is 0 Å². The van der Waals surface area contributed by atoms with Crippen LogP contribution in [0.4, 0.5) is 0 Å². The summed E-state index contributed by atoms with van der Waals surface area (Å²) in [5, 5.41) is 10.9. The molecule has 0 aliphatic rings. The average Bonchev–Trinajstić information content (AvgIpc) is 3.24. The van der Waals surface area contributed by atoms with E-state index in [-0.39, 0.29) is 11.3 Å². The van der Waals surface area contributed by atoms with E-state index in [1.165, 1.54) is 0 Å². The molecular weight excluding hydrogens is 380 g/mol. The van der Waals surface area contributed by atoms with Gasteiger partial charge < -0.3 is 9.47 Å². The third-order valence-electron chi connectivity index (χ3n) is 4.42. The number of hydrogen-bond acceptors (Lipinski definition) is 5. The van der Waals surface area contributed by atoms with Gasteiger partial charge in [-0.3, -0.25) is 9.89 Å². The van der Waals surface area contributed by atoms with Crippen LogP contribution in [-0.2, 0) is 12.0 Å². The molecule has 0 bridgehead atoms. The van der Waals surface area contributed by atoms with E-state index in [2.05, 4.69) is 20.7 Å². The van der Waals surface area contributed by atoms with Crippen molar-refractivity contribution in [3.63, 3.8) is 0 Å². The van der Waals surface area contributed by atoms with Crippen molar-refractivity contribution in [1.82, 2.24) is 15.6 Å². The largest absolute Gasteiger partial charge is 0.493 e. The molecule has 30 heavy (non-hydrogen) atoms. The Morgan fingerprint density at radius 3 is 2.57 bits per heavy atom. The van der Waals surface area contributed by atoms with Gasteiger partial charge in [-0.2, -0.15) is 10.2 Å². The van der Waals surface area contributed by atoms with Gasteiger partial charge in [0.15, 0.2) is 17.2 Å². The summed E-state index contributed by atoms with van der Waals surface area (Å²) in [4.78, 5) is 12.2. The Balaban J connectivity index is 1.61. The molecule has 0 radical (unpaired) electrons. The number of hydrogen-bond donors (Lipinski definition) is 2. The van der Waals surface area contributed by atoms with Crippen LogP contribution in [0.5, 0.6) is 11.5 Å². The molecule has 156 valence electrons. The number of methoxy groups -OCH3 is 1. The van der Waals surface area contributed by atoms with Gasteiger partial charge >= 0.3 is 0 Å². The minimum atomic E-state index is -0.382. The van der Waals surface area contributed by atoms with E-state index in [9.17, 15) is 4.79 Å². The number of nitrogens with zero attached hydrogens (tertiary/aromatic N) is 2. The molecular formula is C23H26N4O3. The molecule has 1 amide bonds. The number of aromatic nitrogens is 2. The van der Waals surface area contributed by atoms with E-state index >= 15 is 0 Å². The number of hydrazone groups is 1. The first kappa shape index (κ1) is 21.1. The van der Waals surface area contributed by atoms with Gasteiger partial charge in [0.05, 0.1) is 13.3 Å². The van der Waals surface area contributed by atoms with Gasteiger partial charge in [-0.05, 0) is 35.4 Å². The van der Waals surface area contributed by atoms with Crippen molar-refractivity contribution in [3.05, 3.63) is 77.1 Å². The molecule has 0 aliphatic heterocycles. The predicted molar refractivity (Wildman–Crippen MR) is 116 cm³/mol. The molecule has 1 aromatic heterocycles. The number of carbonyl (C=O) groups is 1. The van der Waals surface area contributed by atoms with E-state index < -0.39 is 0 Å². The second-order valence-corrected chi connectivity index (χ2v) is 7.80. The quantitative estimate of drug-likeness (QED) is 0.457. The molecule has 0 aliphatic carbocycles. The van der Waals surface area contributed by atoms with Gasteiger partial charge in [-0.15, -0.1) is 0 Å². The maximum Gasteiger partial charge on any atom is 0.291 e. The first-order valence-corrected chi connectivity index (χ1v) is 9.61. The average molecular weight is 406 g/mol. The monoisotopic (exact) mass is 406 g/mol. The zero-order valence-electron chi connectivity index (χ0n) is 17.6. The second kappa shape index (κ2) is 9.26. The van der Waals surface area contributed by atoms with Crippen molar-refractivity contribution in [2.75, 3.05) is 7.11 Å². The Hall–Kier alpha value is -3.61. The van der Waals surface area contributed by atoms with Crippen LogP contribution >= 0.6 is 0 Å². The lowest BCUT2D eigenvalue weighted by molar-refractivity contribution is 0.0950. The summed E-state index contributed by atoms with van der Waals surface area (Å²) >= 11 is 0. The fourth-order valence-corrected chi connectivity index (χ4v) is 2.66. The van der Waals surface area contributed by atoms with Crippen molar-refractivity contribution in [3.8, 4) is 11.5 Å². The summed E-state index contributed by atoms with van der Waals surface area (Å²) in [6.07, 6.45) is 1.54. The van der Waals surface area contributed by atoms with E-state index in [0.29, 0.717) is 23.8 Å². The Bertz CT molecular complexity index is 1020. The Morgan fingerprint density at radius 1 is 1.13 bits per heavy atom. The molecule has 0 saturated carbocycles. The molecule has 0 unspecified atom stereocenters. The molecule has 0 saturated heterocycles. The van der Waals surface area contributed by atoms with Crippen LogP contribution in [0.15, 0.2) is 59.7 Å². The molecule has 0 spiro atoms. The predicted octanol–water partition coefficient (Wildman–Crippen LogP) is 4.06. The lowest BCUT2D eigenvalue weighted by Gasteiger charge is -2.14. The molecule has 0 fully saturated rings. The van der Waals surface area contributed by atoms with Gasteiger partial charge in [-0.1, -0.05) is 51.1 Å². The highest BCUT2D eigenvalue weighted by Gasteiger charge is 2.19. The standard InChI is InChI=1S/C23H26N4O3/c1-23(2,3)21-13-18(25-26-21)22(28)27-24-14-17-10-11-19(20(12-17)29-4)30-15-16-8-6-5-7-9-16/h5-14H,15H2,1-4H3,(H,25,26)(H,27,28). The molecule has 7 heteroatoms. The first-order chi connectivity index (χ1) is 14.4. The third-order valence-corrected chi connectivity index (χ3v) is 4.42. The number of benzene rings is 2.